The fourth-order valence-electron chi connectivity index (χ4n) is 4.60. The highest BCUT2D eigenvalue weighted by atomic mass is 16.5. The van der Waals surface area contributed by atoms with E-state index >= 15 is 0 Å². The number of rotatable bonds is 0. The minimum absolute atomic E-state index is 0.0630. The first-order valence-corrected chi connectivity index (χ1v) is 6.63. The van der Waals surface area contributed by atoms with Crippen LogP contribution in [0.3, 0.4) is 0 Å². The number of amides is 1. The maximum atomic E-state index is 12.5. The second kappa shape index (κ2) is 2.97. The second-order valence-electron chi connectivity index (χ2n) is 6.28. The van der Waals surface area contributed by atoms with E-state index < -0.39 is 5.60 Å². The summed E-state index contributed by atoms with van der Waals surface area (Å²) in [6.45, 7) is 5.25. The molecule has 1 amide bonds. The van der Waals surface area contributed by atoms with E-state index in [1.807, 2.05) is 18.2 Å². The van der Waals surface area contributed by atoms with Crippen molar-refractivity contribution >= 4 is 11.6 Å². The van der Waals surface area contributed by atoms with Crippen molar-refractivity contribution in [2.45, 2.75) is 31.8 Å². The number of nitrogens with one attached hydrogen (secondary N) is 1. The van der Waals surface area contributed by atoms with E-state index in [9.17, 15) is 4.79 Å². The summed E-state index contributed by atoms with van der Waals surface area (Å²) in [5.41, 5.74) is 1.75. The predicted molar refractivity (Wildman–Crippen MR) is 68.4 cm³/mol. The Labute approximate surface area is 107 Å². The van der Waals surface area contributed by atoms with Gasteiger partial charge in [-0.2, -0.15) is 0 Å². The Balaban J connectivity index is 1.95. The highest BCUT2D eigenvalue weighted by Crippen LogP contribution is 2.70. The van der Waals surface area contributed by atoms with Crippen molar-refractivity contribution in [3.63, 3.8) is 0 Å². The van der Waals surface area contributed by atoms with Gasteiger partial charge in [0.05, 0.1) is 0 Å². The lowest BCUT2D eigenvalue weighted by Gasteiger charge is -2.63. The van der Waals surface area contributed by atoms with Gasteiger partial charge in [-0.25, -0.2) is 0 Å². The summed E-state index contributed by atoms with van der Waals surface area (Å²) in [6, 6.07) is 8.12. The Morgan fingerprint density at radius 1 is 1.33 bits per heavy atom. The van der Waals surface area contributed by atoms with Crippen LogP contribution in [0.15, 0.2) is 24.3 Å². The van der Waals surface area contributed by atoms with E-state index in [1.54, 1.807) is 0 Å². The Morgan fingerprint density at radius 3 is 2.94 bits per heavy atom. The molecule has 94 valence electrons. The SMILES string of the molecule is CC1(C)[C@H]2CCO[C@]23C(=O)Nc2ccccc2[C@H]13. The summed E-state index contributed by atoms with van der Waals surface area (Å²) in [6.07, 6.45) is 0.999. The van der Waals surface area contributed by atoms with Gasteiger partial charge < -0.3 is 10.1 Å². The van der Waals surface area contributed by atoms with E-state index in [2.05, 4.69) is 25.2 Å². The third-order valence-electron chi connectivity index (χ3n) is 5.21. The summed E-state index contributed by atoms with van der Waals surface area (Å²) >= 11 is 0. The molecule has 2 fully saturated rings. The van der Waals surface area contributed by atoms with Gasteiger partial charge in [-0.05, 0) is 23.5 Å². The standard InChI is InChI=1S/C15H17NO2/c1-14(2)11-7-8-18-15(11)12(14)9-5-3-4-6-10(9)16-13(15)17/h3-6,11-12H,7-8H2,1-2H3,(H,16,17)/t11-,12-,15-/m1/s1. The number of para-hydroxylation sites is 1. The summed E-state index contributed by atoms with van der Waals surface area (Å²) in [7, 11) is 0. The molecule has 1 N–H and O–H groups in total. The molecule has 2 heterocycles. The second-order valence-corrected chi connectivity index (χ2v) is 6.28. The van der Waals surface area contributed by atoms with Crippen molar-refractivity contribution in [2.24, 2.45) is 11.3 Å². The smallest absolute Gasteiger partial charge is 0.257 e. The predicted octanol–water partition coefficient (Wildman–Crippen LogP) is 2.54. The largest absolute Gasteiger partial charge is 0.364 e. The van der Waals surface area contributed by atoms with Crippen LogP contribution in [0, 0.1) is 11.3 Å². The number of ether oxygens (including phenoxy) is 1. The molecule has 1 aromatic rings. The highest BCUT2D eigenvalue weighted by molar-refractivity contribution is 6.03. The number of carbonyl (C=O) groups excluding carboxylic acids is 1. The molecule has 3 heteroatoms. The van der Waals surface area contributed by atoms with Crippen LogP contribution in [0.4, 0.5) is 5.69 Å². The summed E-state index contributed by atoms with van der Waals surface area (Å²) in [5, 5.41) is 3.03. The zero-order valence-electron chi connectivity index (χ0n) is 10.7. The first kappa shape index (κ1) is 10.6. The molecule has 18 heavy (non-hydrogen) atoms. The zero-order chi connectivity index (χ0) is 12.5. The molecule has 0 bridgehead atoms. The molecule has 0 unspecified atom stereocenters. The molecule has 1 spiro atoms. The van der Waals surface area contributed by atoms with Crippen LogP contribution < -0.4 is 5.32 Å². The van der Waals surface area contributed by atoms with Crippen molar-refractivity contribution in [3.8, 4) is 0 Å². The summed E-state index contributed by atoms with van der Waals surface area (Å²) in [4.78, 5) is 12.5. The third-order valence-corrected chi connectivity index (χ3v) is 5.21. The van der Waals surface area contributed by atoms with E-state index in [4.69, 9.17) is 4.74 Å². The number of anilines is 1. The average molecular weight is 243 g/mol. The molecule has 2 aliphatic heterocycles. The first-order chi connectivity index (χ1) is 8.58. The molecule has 3 aliphatic rings. The van der Waals surface area contributed by atoms with E-state index in [0.29, 0.717) is 12.5 Å². The monoisotopic (exact) mass is 243 g/mol. The molecule has 1 aliphatic carbocycles. The van der Waals surface area contributed by atoms with Crippen LogP contribution >= 0.6 is 0 Å². The fraction of sp³-hybridized carbons (Fsp3) is 0.533. The molecule has 4 rings (SSSR count). The average Bonchev–Trinajstić information content (AvgIpc) is 2.72. The number of benzene rings is 1. The minimum atomic E-state index is -0.585. The lowest BCUT2D eigenvalue weighted by molar-refractivity contribution is -0.191. The molecule has 0 aromatic heterocycles. The molecule has 0 radical (unpaired) electrons. The first-order valence-electron chi connectivity index (χ1n) is 6.63. The van der Waals surface area contributed by atoms with Crippen molar-refractivity contribution in [1.82, 2.24) is 0 Å². The molecule has 1 aromatic carbocycles. The number of carbonyl (C=O) groups is 1. The maximum absolute atomic E-state index is 12.5. The van der Waals surface area contributed by atoms with Crippen molar-refractivity contribution < 1.29 is 9.53 Å². The van der Waals surface area contributed by atoms with Crippen LogP contribution in [0.1, 0.15) is 31.7 Å². The minimum Gasteiger partial charge on any atom is -0.364 e. The number of hydrogen-bond donors (Lipinski definition) is 1. The van der Waals surface area contributed by atoms with Gasteiger partial charge in [0.25, 0.3) is 5.91 Å². The maximum Gasteiger partial charge on any atom is 0.257 e. The van der Waals surface area contributed by atoms with Gasteiger partial charge in [-0.1, -0.05) is 32.0 Å². The summed E-state index contributed by atoms with van der Waals surface area (Å²) in [5.74, 6) is 0.610. The molecular weight excluding hydrogens is 226 g/mol. The van der Waals surface area contributed by atoms with Crippen LogP contribution in [0.5, 0.6) is 0 Å². The molecular formula is C15H17NO2. The Kier molecular flexibility index (Phi) is 1.74. The van der Waals surface area contributed by atoms with Gasteiger partial charge in [-0.3, -0.25) is 4.79 Å². The molecule has 1 saturated heterocycles. The molecule has 3 nitrogen and oxygen atoms in total. The Morgan fingerprint density at radius 2 is 2.11 bits per heavy atom. The fourth-order valence-corrected chi connectivity index (χ4v) is 4.60. The number of fused-ring (bicyclic) bond motifs is 2. The van der Waals surface area contributed by atoms with Gasteiger partial charge >= 0.3 is 0 Å². The lowest BCUT2D eigenvalue weighted by Crippen LogP contribution is -2.70. The van der Waals surface area contributed by atoms with Crippen LogP contribution in [0.2, 0.25) is 0 Å². The Hall–Kier alpha value is -1.35. The third kappa shape index (κ3) is 0.914. The van der Waals surface area contributed by atoms with Crippen LogP contribution in [0.25, 0.3) is 0 Å². The van der Waals surface area contributed by atoms with E-state index in [0.717, 1.165) is 12.1 Å². The van der Waals surface area contributed by atoms with Gasteiger partial charge in [0, 0.05) is 24.1 Å². The van der Waals surface area contributed by atoms with Crippen LogP contribution in [-0.4, -0.2) is 18.1 Å². The Bertz CT molecular complexity index is 551. The zero-order valence-corrected chi connectivity index (χ0v) is 10.7. The molecule has 3 atom stereocenters. The quantitative estimate of drug-likeness (QED) is 0.760. The van der Waals surface area contributed by atoms with Crippen molar-refractivity contribution in [3.05, 3.63) is 29.8 Å². The molecule has 1 saturated carbocycles. The topological polar surface area (TPSA) is 38.3 Å². The van der Waals surface area contributed by atoms with Crippen molar-refractivity contribution in [1.29, 1.82) is 0 Å². The van der Waals surface area contributed by atoms with Gasteiger partial charge in [0.1, 0.15) is 0 Å². The normalized spacial score (nSPS) is 39.1. The summed E-state index contributed by atoms with van der Waals surface area (Å²) < 4.78 is 5.94. The van der Waals surface area contributed by atoms with Crippen molar-refractivity contribution in [2.75, 3.05) is 11.9 Å². The van der Waals surface area contributed by atoms with E-state index in [-0.39, 0.29) is 17.2 Å². The van der Waals surface area contributed by atoms with Gasteiger partial charge in [0.15, 0.2) is 5.60 Å². The van der Waals surface area contributed by atoms with Gasteiger partial charge in [0.2, 0.25) is 0 Å². The van der Waals surface area contributed by atoms with E-state index in [1.165, 1.54) is 5.56 Å². The van der Waals surface area contributed by atoms with Gasteiger partial charge in [-0.15, -0.1) is 0 Å². The highest BCUT2D eigenvalue weighted by Gasteiger charge is 2.75. The lowest BCUT2D eigenvalue weighted by atomic mass is 9.43. The van der Waals surface area contributed by atoms with Crippen LogP contribution in [-0.2, 0) is 9.53 Å². The number of hydrogen-bond acceptors (Lipinski definition) is 2.